The van der Waals surface area contributed by atoms with Gasteiger partial charge >= 0.3 is 0 Å². The lowest BCUT2D eigenvalue weighted by Gasteiger charge is -2.30. The highest BCUT2D eigenvalue weighted by molar-refractivity contribution is 5.76. The number of rotatable bonds is 5. The van der Waals surface area contributed by atoms with Crippen molar-refractivity contribution >= 4 is 5.91 Å². The number of aryl methyl sites for hydroxylation is 1. The molecule has 0 bridgehead atoms. The van der Waals surface area contributed by atoms with Crippen molar-refractivity contribution < 1.29 is 14.6 Å². The second-order valence-corrected chi connectivity index (χ2v) is 6.63. The van der Waals surface area contributed by atoms with Gasteiger partial charge in [-0.2, -0.15) is 5.10 Å². The zero-order valence-electron chi connectivity index (χ0n) is 13.7. The molecule has 2 aliphatic rings. The minimum Gasteiger partial charge on any atom is -0.396 e. The van der Waals surface area contributed by atoms with Crippen molar-refractivity contribution in [2.75, 3.05) is 52.5 Å². The van der Waals surface area contributed by atoms with Crippen molar-refractivity contribution in [2.24, 2.45) is 11.8 Å². The Morgan fingerprint density at radius 2 is 2.09 bits per heavy atom. The fourth-order valence-corrected chi connectivity index (χ4v) is 3.46. The molecule has 3 rings (SSSR count). The fraction of sp³-hybridized carbons (Fsp3) is 0.750. The minimum absolute atomic E-state index is 0.0797. The van der Waals surface area contributed by atoms with Crippen LogP contribution >= 0.6 is 0 Å². The summed E-state index contributed by atoms with van der Waals surface area (Å²) in [6.07, 6.45) is 3.64. The van der Waals surface area contributed by atoms with E-state index in [1.54, 1.807) is 10.9 Å². The molecule has 2 atom stereocenters. The van der Waals surface area contributed by atoms with Gasteiger partial charge in [-0.05, 0) is 18.4 Å². The second kappa shape index (κ2) is 7.42. The molecule has 1 aromatic rings. The number of nitrogens with zero attached hydrogens (tertiary/aromatic N) is 4. The van der Waals surface area contributed by atoms with E-state index in [-0.39, 0.29) is 25.0 Å². The zero-order valence-corrected chi connectivity index (χ0v) is 13.7. The molecule has 2 fully saturated rings. The number of hydrogen-bond acceptors (Lipinski definition) is 5. The summed E-state index contributed by atoms with van der Waals surface area (Å²) in [5.41, 5.74) is 1.05. The van der Waals surface area contributed by atoms with E-state index in [9.17, 15) is 9.90 Å². The minimum atomic E-state index is 0.0797. The number of likely N-dealkylation sites (tertiary alicyclic amines) is 1. The molecule has 0 aliphatic carbocycles. The topological polar surface area (TPSA) is 70.8 Å². The van der Waals surface area contributed by atoms with E-state index in [0.717, 1.165) is 45.0 Å². The van der Waals surface area contributed by atoms with Gasteiger partial charge in [-0.3, -0.25) is 14.4 Å². The van der Waals surface area contributed by atoms with Gasteiger partial charge < -0.3 is 14.7 Å². The Bertz CT molecular complexity index is 527. The molecule has 3 heterocycles. The molecule has 128 valence electrons. The summed E-state index contributed by atoms with van der Waals surface area (Å²) in [5, 5.41) is 13.8. The zero-order chi connectivity index (χ0) is 16.2. The van der Waals surface area contributed by atoms with E-state index >= 15 is 0 Å². The van der Waals surface area contributed by atoms with Crippen LogP contribution in [0.4, 0.5) is 0 Å². The van der Waals surface area contributed by atoms with Crippen LogP contribution in [0.1, 0.15) is 5.56 Å². The van der Waals surface area contributed by atoms with Gasteiger partial charge in [0, 0.05) is 51.4 Å². The predicted molar refractivity (Wildman–Crippen MR) is 84.9 cm³/mol. The number of amides is 1. The lowest BCUT2D eigenvalue weighted by atomic mass is 9.96. The molecular formula is C16H26N4O3. The largest absolute Gasteiger partial charge is 0.396 e. The van der Waals surface area contributed by atoms with E-state index < -0.39 is 0 Å². The van der Waals surface area contributed by atoms with Crippen molar-refractivity contribution in [1.82, 2.24) is 19.6 Å². The SMILES string of the molecule is Cc1cnn(CC(=O)N2C[C@@H](CN3CCOCC3)[C@@H](CO)C2)c1. The van der Waals surface area contributed by atoms with Crippen molar-refractivity contribution in [3.63, 3.8) is 0 Å². The Morgan fingerprint density at radius 1 is 1.35 bits per heavy atom. The van der Waals surface area contributed by atoms with Crippen LogP contribution in [0.3, 0.4) is 0 Å². The molecule has 1 aromatic heterocycles. The first-order valence-corrected chi connectivity index (χ1v) is 8.33. The van der Waals surface area contributed by atoms with Crippen LogP contribution < -0.4 is 0 Å². The smallest absolute Gasteiger partial charge is 0.244 e. The van der Waals surface area contributed by atoms with Crippen LogP contribution in [0.25, 0.3) is 0 Å². The van der Waals surface area contributed by atoms with Gasteiger partial charge in [-0.25, -0.2) is 0 Å². The molecule has 2 saturated heterocycles. The Hall–Kier alpha value is -1.44. The molecule has 1 N–H and O–H groups in total. The lowest BCUT2D eigenvalue weighted by Crippen LogP contribution is -2.41. The maximum absolute atomic E-state index is 12.5. The molecule has 0 radical (unpaired) electrons. The molecule has 7 heteroatoms. The molecule has 1 amide bonds. The highest BCUT2D eigenvalue weighted by Gasteiger charge is 2.35. The van der Waals surface area contributed by atoms with Gasteiger partial charge in [0.05, 0.1) is 19.4 Å². The van der Waals surface area contributed by atoms with Crippen LogP contribution in [0.5, 0.6) is 0 Å². The average molecular weight is 322 g/mol. The molecule has 0 spiro atoms. The maximum Gasteiger partial charge on any atom is 0.244 e. The van der Waals surface area contributed by atoms with Gasteiger partial charge in [-0.1, -0.05) is 0 Å². The predicted octanol–water partition coefficient (Wildman–Crippen LogP) is -0.409. The third-order valence-electron chi connectivity index (χ3n) is 4.82. The standard InChI is InChI=1S/C16H26N4O3/c1-13-6-17-20(7-13)11-16(22)19-9-14(15(10-19)12-21)8-18-2-4-23-5-3-18/h6-7,14-15,21H,2-5,8-12H2,1H3/t14-,15-/m1/s1. The van der Waals surface area contributed by atoms with E-state index in [1.807, 2.05) is 18.0 Å². The molecule has 0 saturated carbocycles. The van der Waals surface area contributed by atoms with Crippen molar-refractivity contribution in [2.45, 2.75) is 13.5 Å². The summed E-state index contributed by atoms with van der Waals surface area (Å²) in [6.45, 7) is 8.10. The number of carbonyl (C=O) groups is 1. The van der Waals surface area contributed by atoms with Crippen LogP contribution in [0, 0.1) is 18.8 Å². The maximum atomic E-state index is 12.5. The Labute approximate surface area is 136 Å². The summed E-state index contributed by atoms with van der Waals surface area (Å²) in [7, 11) is 0. The van der Waals surface area contributed by atoms with Crippen molar-refractivity contribution in [1.29, 1.82) is 0 Å². The number of carbonyl (C=O) groups excluding carboxylic acids is 1. The highest BCUT2D eigenvalue weighted by Crippen LogP contribution is 2.24. The number of hydrogen-bond donors (Lipinski definition) is 1. The number of aliphatic hydroxyl groups excluding tert-OH is 1. The van der Waals surface area contributed by atoms with Gasteiger partial charge in [0.2, 0.25) is 5.91 Å². The normalized spacial score (nSPS) is 25.9. The number of ether oxygens (including phenoxy) is 1. The summed E-state index contributed by atoms with van der Waals surface area (Å²) in [5.74, 6) is 0.582. The fourth-order valence-electron chi connectivity index (χ4n) is 3.46. The Kier molecular flexibility index (Phi) is 5.30. The second-order valence-electron chi connectivity index (χ2n) is 6.63. The average Bonchev–Trinajstić information content (AvgIpc) is 3.14. The first kappa shape index (κ1) is 16.4. The summed E-state index contributed by atoms with van der Waals surface area (Å²) < 4.78 is 7.06. The van der Waals surface area contributed by atoms with Crippen LogP contribution in [-0.4, -0.2) is 83.1 Å². The first-order chi connectivity index (χ1) is 11.2. The Morgan fingerprint density at radius 3 is 2.74 bits per heavy atom. The first-order valence-electron chi connectivity index (χ1n) is 8.33. The third-order valence-corrected chi connectivity index (χ3v) is 4.82. The molecule has 7 nitrogen and oxygen atoms in total. The molecule has 0 unspecified atom stereocenters. The summed E-state index contributed by atoms with van der Waals surface area (Å²) >= 11 is 0. The molecule has 2 aliphatic heterocycles. The van der Waals surface area contributed by atoms with E-state index in [4.69, 9.17) is 4.74 Å². The number of aliphatic hydroxyl groups is 1. The summed E-state index contributed by atoms with van der Waals surface area (Å²) in [6, 6.07) is 0. The Balaban J connectivity index is 1.55. The van der Waals surface area contributed by atoms with E-state index in [0.29, 0.717) is 12.5 Å². The lowest BCUT2D eigenvalue weighted by molar-refractivity contribution is -0.131. The van der Waals surface area contributed by atoms with Crippen molar-refractivity contribution in [3.05, 3.63) is 18.0 Å². The monoisotopic (exact) mass is 322 g/mol. The van der Waals surface area contributed by atoms with Crippen molar-refractivity contribution in [3.8, 4) is 0 Å². The number of aromatic nitrogens is 2. The molecule has 0 aromatic carbocycles. The van der Waals surface area contributed by atoms with Crippen LogP contribution in [0.2, 0.25) is 0 Å². The highest BCUT2D eigenvalue weighted by atomic mass is 16.5. The van der Waals surface area contributed by atoms with Crippen LogP contribution in [-0.2, 0) is 16.1 Å². The van der Waals surface area contributed by atoms with Crippen LogP contribution in [0.15, 0.2) is 12.4 Å². The van der Waals surface area contributed by atoms with E-state index in [2.05, 4.69) is 10.00 Å². The quantitative estimate of drug-likeness (QED) is 0.798. The van der Waals surface area contributed by atoms with Gasteiger partial charge in [0.15, 0.2) is 0 Å². The third kappa shape index (κ3) is 4.10. The van der Waals surface area contributed by atoms with Gasteiger partial charge in [-0.15, -0.1) is 0 Å². The number of morpholine rings is 1. The molecule has 23 heavy (non-hydrogen) atoms. The summed E-state index contributed by atoms with van der Waals surface area (Å²) in [4.78, 5) is 16.7. The van der Waals surface area contributed by atoms with Gasteiger partial charge in [0.1, 0.15) is 6.54 Å². The molecular weight excluding hydrogens is 296 g/mol. The van der Waals surface area contributed by atoms with E-state index in [1.165, 1.54) is 0 Å². The van der Waals surface area contributed by atoms with Gasteiger partial charge in [0.25, 0.3) is 0 Å².